The van der Waals surface area contributed by atoms with Gasteiger partial charge in [0.25, 0.3) is 0 Å². The summed E-state index contributed by atoms with van der Waals surface area (Å²) in [6.07, 6.45) is 6.11. The summed E-state index contributed by atoms with van der Waals surface area (Å²) in [6, 6.07) is 8.79. The summed E-state index contributed by atoms with van der Waals surface area (Å²) < 4.78 is 0. The second-order valence-corrected chi connectivity index (χ2v) is 5.49. The number of carbonyl (C=O) groups is 1. The quantitative estimate of drug-likeness (QED) is 0.854. The molecule has 1 aromatic carbocycles. The molecule has 0 atom stereocenters. The zero-order chi connectivity index (χ0) is 13.5. The smallest absolute Gasteiger partial charge is 0.234 e. The molecule has 1 aliphatic carbocycles. The van der Waals surface area contributed by atoms with E-state index in [0.717, 1.165) is 19.4 Å². The molecule has 0 spiro atoms. The Balaban J connectivity index is 1.64. The summed E-state index contributed by atoms with van der Waals surface area (Å²) in [5.41, 5.74) is 2.48. The lowest BCUT2D eigenvalue weighted by Crippen LogP contribution is -2.41. The van der Waals surface area contributed by atoms with Crippen LogP contribution in [-0.2, 0) is 11.3 Å². The van der Waals surface area contributed by atoms with E-state index >= 15 is 0 Å². The van der Waals surface area contributed by atoms with Gasteiger partial charge in [0.15, 0.2) is 0 Å². The number of aryl methyl sites for hydroxylation is 1. The lowest BCUT2D eigenvalue weighted by atomic mass is 9.95. The molecule has 0 aromatic heterocycles. The van der Waals surface area contributed by atoms with Gasteiger partial charge in [0.2, 0.25) is 5.91 Å². The van der Waals surface area contributed by atoms with Crippen LogP contribution in [0.3, 0.4) is 0 Å². The van der Waals surface area contributed by atoms with Gasteiger partial charge in [0.05, 0.1) is 6.54 Å². The predicted octanol–water partition coefficient (Wildman–Crippen LogP) is 2.53. The number of nitrogens with one attached hydrogen (secondary N) is 2. The van der Waals surface area contributed by atoms with E-state index in [2.05, 4.69) is 41.8 Å². The van der Waals surface area contributed by atoms with Crippen LogP contribution in [-0.4, -0.2) is 18.5 Å². The van der Waals surface area contributed by atoms with Gasteiger partial charge >= 0.3 is 0 Å². The summed E-state index contributed by atoms with van der Waals surface area (Å²) >= 11 is 0. The van der Waals surface area contributed by atoms with Gasteiger partial charge in [-0.2, -0.15) is 0 Å². The lowest BCUT2D eigenvalue weighted by Gasteiger charge is -2.22. The fourth-order valence-electron chi connectivity index (χ4n) is 2.55. The molecule has 0 aliphatic heterocycles. The Morgan fingerprint density at radius 2 is 1.84 bits per heavy atom. The highest BCUT2D eigenvalue weighted by atomic mass is 16.1. The molecule has 3 nitrogen and oxygen atoms in total. The Kier molecular flexibility index (Phi) is 5.40. The first-order valence-electron chi connectivity index (χ1n) is 7.29. The third-order valence-electron chi connectivity index (χ3n) is 3.71. The number of rotatable bonds is 5. The van der Waals surface area contributed by atoms with E-state index in [4.69, 9.17) is 0 Å². The Hall–Kier alpha value is -1.35. The van der Waals surface area contributed by atoms with Crippen molar-refractivity contribution in [2.45, 2.75) is 51.6 Å². The maximum Gasteiger partial charge on any atom is 0.234 e. The van der Waals surface area contributed by atoms with Gasteiger partial charge in [-0.1, -0.05) is 49.1 Å². The minimum atomic E-state index is 0.124. The number of amides is 1. The van der Waals surface area contributed by atoms with Gasteiger partial charge in [0.1, 0.15) is 0 Å². The van der Waals surface area contributed by atoms with Crippen molar-refractivity contribution in [2.75, 3.05) is 6.54 Å². The number of benzene rings is 1. The van der Waals surface area contributed by atoms with Crippen LogP contribution in [0.25, 0.3) is 0 Å². The lowest BCUT2D eigenvalue weighted by molar-refractivity contribution is -0.121. The van der Waals surface area contributed by atoms with E-state index in [0.29, 0.717) is 12.6 Å². The predicted molar refractivity (Wildman–Crippen MR) is 77.9 cm³/mol. The number of hydrogen-bond donors (Lipinski definition) is 2. The van der Waals surface area contributed by atoms with E-state index in [-0.39, 0.29) is 5.91 Å². The van der Waals surface area contributed by atoms with Crippen LogP contribution in [0.15, 0.2) is 24.3 Å². The monoisotopic (exact) mass is 260 g/mol. The summed E-state index contributed by atoms with van der Waals surface area (Å²) in [7, 11) is 0. The van der Waals surface area contributed by atoms with Crippen molar-refractivity contribution in [3.8, 4) is 0 Å². The molecule has 19 heavy (non-hydrogen) atoms. The topological polar surface area (TPSA) is 41.1 Å². The Morgan fingerprint density at radius 1 is 1.16 bits per heavy atom. The molecule has 104 valence electrons. The third kappa shape index (κ3) is 5.03. The maximum atomic E-state index is 11.8. The van der Waals surface area contributed by atoms with Crippen LogP contribution >= 0.6 is 0 Å². The molecule has 0 heterocycles. The Labute approximate surface area is 115 Å². The molecule has 1 fully saturated rings. The van der Waals surface area contributed by atoms with Crippen LogP contribution in [0.1, 0.15) is 43.2 Å². The molecule has 2 N–H and O–H groups in total. The van der Waals surface area contributed by atoms with Crippen molar-refractivity contribution in [3.05, 3.63) is 35.4 Å². The SMILES string of the molecule is Cc1ccc(CNCC(=O)NC2CCCCC2)cc1. The van der Waals surface area contributed by atoms with Crippen LogP contribution in [0.4, 0.5) is 0 Å². The second-order valence-electron chi connectivity index (χ2n) is 5.49. The first kappa shape index (κ1) is 14.1. The standard InChI is InChI=1S/C16H24N2O/c1-13-7-9-14(10-8-13)11-17-12-16(19)18-15-5-3-2-4-6-15/h7-10,15,17H,2-6,11-12H2,1H3,(H,18,19). The van der Waals surface area contributed by atoms with Crippen molar-refractivity contribution in [3.63, 3.8) is 0 Å². The average molecular weight is 260 g/mol. The first-order valence-corrected chi connectivity index (χ1v) is 7.29. The van der Waals surface area contributed by atoms with Crippen LogP contribution in [0, 0.1) is 6.92 Å². The van der Waals surface area contributed by atoms with Crippen molar-refractivity contribution in [1.29, 1.82) is 0 Å². The molecule has 0 radical (unpaired) electrons. The fraction of sp³-hybridized carbons (Fsp3) is 0.562. The molecule has 0 bridgehead atoms. The largest absolute Gasteiger partial charge is 0.352 e. The molecular weight excluding hydrogens is 236 g/mol. The Bertz CT molecular complexity index is 394. The molecule has 1 saturated carbocycles. The highest BCUT2D eigenvalue weighted by molar-refractivity contribution is 5.78. The van der Waals surface area contributed by atoms with E-state index in [1.807, 2.05) is 0 Å². The zero-order valence-electron chi connectivity index (χ0n) is 11.7. The van der Waals surface area contributed by atoms with Gasteiger partial charge in [-0.3, -0.25) is 4.79 Å². The van der Waals surface area contributed by atoms with E-state index < -0.39 is 0 Å². The molecule has 0 unspecified atom stereocenters. The maximum absolute atomic E-state index is 11.8. The third-order valence-corrected chi connectivity index (χ3v) is 3.71. The minimum Gasteiger partial charge on any atom is -0.352 e. The minimum absolute atomic E-state index is 0.124. The van der Waals surface area contributed by atoms with Crippen LogP contribution in [0.5, 0.6) is 0 Å². The first-order chi connectivity index (χ1) is 9.24. The normalized spacial score (nSPS) is 16.3. The highest BCUT2D eigenvalue weighted by Gasteiger charge is 2.14. The van der Waals surface area contributed by atoms with Gasteiger partial charge in [-0.25, -0.2) is 0 Å². The molecular formula is C16H24N2O. The van der Waals surface area contributed by atoms with Crippen LogP contribution < -0.4 is 10.6 Å². The summed E-state index contributed by atoms with van der Waals surface area (Å²) in [4.78, 5) is 11.8. The highest BCUT2D eigenvalue weighted by Crippen LogP contribution is 2.17. The van der Waals surface area contributed by atoms with Crippen molar-refractivity contribution < 1.29 is 4.79 Å². The summed E-state index contributed by atoms with van der Waals surface area (Å²) in [5.74, 6) is 0.124. The van der Waals surface area contributed by atoms with Gasteiger partial charge in [0, 0.05) is 12.6 Å². The molecule has 1 amide bonds. The molecule has 1 aliphatic rings. The van der Waals surface area contributed by atoms with Gasteiger partial charge in [-0.05, 0) is 25.3 Å². The van der Waals surface area contributed by atoms with E-state index in [1.54, 1.807) is 0 Å². The molecule has 0 saturated heterocycles. The fourth-order valence-corrected chi connectivity index (χ4v) is 2.55. The zero-order valence-corrected chi connectivity index (χ0v) is 11.7. The van der Waals surface area contributed by atoms with Crippen molar-refractivity contribution >= 4 is 5.91 Å². The van der Waals surface area contributed by atoms with Gasteiger partial charge in [-0.15, -0.1) is 0 Å². The molecule has 1 aromatic rings. The average Bonchev–Trinajstić information content (AvgIpc) is 2.42. The van der Waals surface area contributed by atoms with E-state index in [1.165, 1.54) is 30.4 Å². The molecule has 2 rings (SSSR count). The Morgan fingerprint density at radius 3 is 2.53 bits per heavy atom. The summed E-state index contributed by atoms with van der Waals surface area (Å²) in [6.45, 7) is 3.23. The van der Waals surface area contributed by atoms with Crippen molar-refractivity contribution in [1.82, 2.24) is 10.6 Å². The van der Waals surface area contributed by atoms with Gasteiger partial charge < -0.3 is 10.6 Å². The van der Waals surface area contributed by atoms with Crippen molar-refractivity contribution in [2.24, 2.45) is 0 Å². The molecule has 3 heteroatoms. The summed E-state index contributed by atoms with van der Waals surface area (Å²) in [5, 5.41) is 6.31. The number of hydrogen-bond acceptors (Lipinski definition) is 2. The second kappa shape index (κ2) is 7.29. The number of carbonyl (C=O) groups excluding carboxylic acids is 1. The van der Waals surface area contributed by atoms with Crippen LogP contribution in [0.2, 0.25) is 0 Å². The van der Waals surface area contributed by atoms with E-state index in [9.17, 15) is 4.79 Å².